The van der Waals surface area contributed by atoms with E-state index in [-0.39, 0.29) is 6.29 Å². The van der Waals surface area contributed by atoms with Crippen LogP contribution >= 0.6 is 0 Å². The topological polar surface area (TPSA) is 44.5 Å². The number of hydrogen-bond acceptors (Lipinski definition) is 3. The first kappa shape index (κ1) is 7.98. The maximum atomic E-state index is 5.45. The molecule has 0 unspecified atom stereocenters. The molecule has 0 aromatic heterocycles. The van der Waals surface area contributed by atoms with E-state index in [1.165, 1.54) is 0 Å². The Hall–Kier alpha value is -1.64. The molecule has 0 aliphatic carbocycles. The van der Waals surface area contributed by atoms with Gasteiger partial charge in [0.15, 0.2) is 11.5 Å². The molecule has 0 saturated carbocycles. The number of fused-ring (bicyclic) bond motifs is 1. The summed E-state index contributed by atoms with van der Waals surface area (Å²) in [5, 5.41) is 0. The van der Waals surface area contributed by atoms with Crippen molar-refractivity contribution >= 4 is 0 Å². The first-order valence-electron chi connectivity index (χ1n) is 4.11. The lowest BCUT2D eigenvalue weighted by molar-refractivity contribution is 0.0501. The first-order chi connectivity index (χ1) is 6.25. The van der Waals surface area contributed by atoms with Crippen molar-refractivity contribution in [1.82, 2.24) is 0 Å². The molecule has 3 heteroatoms. The highest BCUT2D eigenvalue weighted by Gasteiger charge is 2.23. The van der Waals surface area contributed by atoms with Crippen molar-refractivity contribution in [2.75, 3.05) is 0 Å². The van der Waals surface area contributed by atoms with Gasteiger partial charge in [0.1, 0.15) is 0 Å². The Labute approximate surface area is 76.8 Å². The zero-order valence-corrected chi connectivity index (χ0v) is 7.19. The van der Waals surface area contributed by atoms with E-state index in [1.54, 1.807) is 0 Å². The SMILES string of the molecule is C=C(N)CC1Oc2ccccc2O1. The Kier molecular flexibility index (Phi) is 1.85. The maximum absolute atomic E-state index is 5.45. The molecule has 0 atom stereocenters. The number of nitrogens with two attached hydrogens (primary N) is 1. The molecule has 0 bridgehead atoms. The number of hydrogen-bond donors (Lipinski definition) is 1. The van der Waals surface area contributed by atoms with Crippen LogP contribution in [0.4, 0.5) is 0 Å². The minimum atomic E-state index is -0.310. The Bertz CT molecular complexity index is 310. The van der Waals surface area contributed by atoms with Gasteiger partial charge in [-0.05, 0) is 12.1 Å². The molecule has 1 aromatic rings. The van der Waals surface area contributed by atoms with Crippen LogP contribution < -0.4 is 15.2 Å². The second-order valence-electron chi connectivity index (χ2n) is 2.97. The van der Waals surface area contributed by atoms with E-state index in [9.17, 15) is 0 Å². The van der Waals surface area contributed by atoms with Crippen LogP contribution in [0.5, 0.6) is 11.5 Å². The zero-order chi connectivity index (χ0) is 9.26. The summed E-state index contributed by atoms with van der Waals surface area (Å²) in [7, 11) is 0. The lowest BCUT2D eigenvalue weighted by Gasteiger charge is -2.08. The van der Waals surface area contributed by atoms with Gasteiger partial charge >= 0.3 is 0 Å². The number of rotatable bonds is 2. The second-order valence-corrected chi connectivity index (χ2v) is 2.97. The summed E-state index contributed by atoms with van der Waals surface area (Å²) in [5.74, 6) is 1.54. The number of benzene rings is 1. The monoisotopic (exact) mass is 177 g/mol. The Morgan fingerprint density at radius 2 is 1.85 bits per heavy atom. The summed E-state index contributed by atoms with van der Waals surface area (Å²) >= 11 is 0. The molecular weight excluding hydrogens is 166 g/mol. The molecule has 0 amide bonds. The Morgan fingerprint density at radius 1 is 1.31 bits per heavy atom. The Balaban J connectivity index is 2.09. The van der Waals surface area contributed by atoms with Crippen LogP contribution in [-0.2, 0) is 0 Å². The maximum Gasteiger partial charge on any atom is 0.246 e. The summed E-state index contributed by atoms with van der Waals surface area (Å²) < 4.78 is 10.9. The molecular formula is C10H11NO2. The number of ether oxygens (including phenoxy) is 2. The standard InChI is InChI=1S/C10H11NO2/c1-7(11)6-10-12-8-4-2-3-5-9(8)13-10/h2-5,10H,1,6,11H2. The highest BCUT2D eigenvalue weighted by Crippen LogP contribution is 2.34. The average molecular weight is 177 g/mol. The van der Waals surface area contributed by atoms with Crippen molar-refractivity contribution in [1.29, 1.82) is 0 Å². The largest absolute Gasteiger partial charge is 0.451 e. The van der Waals surface area contributed by atoms with E-state index >= 15 is 0 Å². The fraction of sp³-hybridized carbons (Fsp3) is 0.200. The van der Waals surface area contributed by atoms with Gasteiger partial charge in [-0.3, -0.25) is 0 Å². The van der Waals surface area contributed by atoms with Crippen molar-refractivity contribution in [3.8, 4) is 11.5 Å². The summed E-state index contributed by atoms with van der Waals surface area (Å²) in [6.07, 6.45) is 0.212. The van der Waals surface area contributed by atoms with E-state index in [0.717, 1.165) is 11.5 Å². The van der Waals surface area contributed by atoms with E-state index in [2.05, 4.69) is 6.58 Å². The third-order valence-electron chi connectivity index (χ3n) is 1.79. The first-order valence-corrected chi connectivity index (χ1v) is 4.11. The van der Waals surface area contributed by atoms with Gasteiger partial charge in [-0.2, -0.15) is 0 Å². The predicted octanol–water partition coefficient (Wildman–Crippen LogP) is 1.65. The van der Waals surface area contributed by atoms with Crippen LogP contribution in [0.3, 0.4) is 0 Å². The van der Waals surface area contributed by atoms with Gasteiger partial charge in [-0.15, -0.1) is 0 Å². The van der Waals surface area contributed by atoms with Gasteiger partial charge in [0.2, 0.25) is 6.29 Å². The lowest BCUT2D eigenvalue weighted by Crippen LogP contribution is -2.20. The molecule has 13 heavy (non-hydrogen) atoms. The summed E-state index contributed by atoms with van der Waals surface area (Å²) in [6, 6.07) is 7.55. The van der Waals surface area contributed by atoms with Crippen molar-refractivity contribution in [3.63, 3.8) is 0 Å². The fourth-order valence-electron chi connectivity index (χ4n) is 1.25. The van der Waals surface area contributed by atoms with Crippen molar-refractivity contribution in [3.05, 3.63) is 36.5 Å². The third-order valence-corrected chi connectivity index (χ3v) is 1.79. The van der Waals surface area contributed by atoms with Gasteiger partial charge in [0, 0.05) is 5.70 Å². The van der Waals surface area contributed by atoms with Crippen LogP contribution in [0, 0.1) is 0 Å². The van der Waals surface area contributed by atoms with Gasteiger partial charge in [0.25, 0.3) is 0 Å². The normalized spacial score (nSPS) is 14.5. The smallest absolute Gasteiger partial charge is 0.246 e. The summed E-state index contributed by atoms with van der Waals surface area (Å²) in [4.78, 5) is 0. The molecule has 2 N–H and O–H groups in total. The van der Waals surface area contributed by atoms with Gasteiger partial charge in [-0.25, -0.2) is 0 Å². The molecule has 1 heterocycles. The molecule has 1 aliphatic rings. The Morgan fingerprint density at radius 3 is 2.31 bits per heavy atom. The van der Waals surface area contributed by atoms with E-state index < -0.39 is 0 Å². The second kappa shape index (κ2) is 3.01. The van der Waals surface area contributed by atoms with E-state index in [1.807, 2.05) is 24.3 Å². The zero-order valence-electron chi connectivity index (χ0n) is 7.19. The number of para-hydroxylation sites is 2. The highest BCUT2D eigenvalue weighted by molar-refractivity contribution is 5.41. The lowest BCUT2D eigenvalue weighted by atomic mass is 10.3. The molecule has 3 nitrogen and oxygen atoms in total. The minimum absolute atomic E-state index is 0.310. The van der Waals surface area contributed by atoms with Crippen molar-refractivity contribution in [2.24, 2.45) is 5.73 Å². The fourth-order valence-corrected chi connectivity index (χ4v) is 1.25. The molecule has 0 radical (unpaired) electrons. The van der Waals surface area contributed by atoms with Crippen LogP contribution in [0.15, 0.2) is 36.5 Å². The molecule has 2 rings (SSSR count). The quantitative estimate of drug-likeness (QED) is 0.747. The molecule has 0 spiro atoms. The molecule has 1 aliphatic heterocycles. The van der Waals surface area contributed by atoms with Gasteiger partial charge in [-0.1, -0.05) is 18.7 Å². The average Bonchev–Trinajstić information content (AvgIpc) is 2.44. The molecule has 0 saturated heterocycles. The molecule has 0 fully saturated rings. The van der Waals surface area contributed by atoms with Crippen LogP contribution in [0.25, 0.3) is 0 Å². The summed E-state index contributed by atoms with van der Waals surface area (Å²) in [5.41, 5.74) is 6.02. The van der Waals surface area contributed by atoms with Crippen molar-refractivity contribution in [2.45, 2.75) is 12.7 Å². The van der Waals surface area contributed by atoms with Crippen molar-refractivity contribution < 1.29 is 9.47 Å². The third kappa shape index (κ3) is 1.59. The summed E-state index contributed by atoms with van der Waals surface area (Å²) in [6.45, 7) is 3.60. The van der Waals surface area contributed by atoms with Crippen LogP contribution in [0.1, 0.15) is 6.42 Å². The van der Waals surface area contributed by atoms with Crippen LogP contribution in [0.2, 0.25) is 0 Å². The van der Waals surface area contributed by atoms with E-state index in [0.29, 0.717) is 12.1 Å². The molecule has 1 aromatic carbocycles. The van der Waals surface area contributed by atoms with Crippen LogP contribution in [-0.4, -0.2) is 6.29 Å². The predicted molar refractivity (Wildman–Crippen MR) is 49.4 cm³/mol. The van der Waals surface area contributed by atoms with E-state index in [4.69, 9.17) is 15.2 Å². The minimum Gasteiger partial charge on any atom is -0.451 e. The highest BCUT2D eigenvalue weighted by atomic mass is 16.7. The van der Waals surface area contributed by atoms with Gasteiger partial charge < -0.3 is 15.2 Å². The molecule has 68 valence electrons. The van der Waals surface area contributed by atoms with Gasteiger partial charge in [0.05, 0.1) is 6.42 Å².